The van der Waals surface area contributed by atoms with Crippen molar-refractivity contribution in [3.8, 4) is 0 Å². The molecule has 1 aromatic rings. The molecule has 0 unspecified atom stereocenters. The lowest BCUT2D eigenvalue weighted by atomic mass is 9.88. The van der Waals surface area contributed by atoms with Gasteiger partial charge in [0.1, 0.15) is 11.9 Å². The van der Waals surface area contributed by atoms with E-state index in [4.69, 9.17) is 5.73 Å². The van der Waals surface area contributed by atoms with E-state index in [1.165, 1.54) is 12.1 Å². The molecular formula is C17H24FN3O2. The van der Waals surface area contributed by atoms with Gasteiger partial charge in [-0.3, -0.25) is 14.9 Å². The molecule has 23 heavy (non-hydrogen) atoms. The summed E-state index contributed by atoms with van der Waals surface area (Å²) in [5.41, 5.74) is 6.18. The zero-order valence-corrected chi connectivity index (χ0v) is 13.6. The molecule has 0 aromatic heterocycles. The highest BCUT2D eigenvalue weighted by molar-refractivity contribution is 5.81. The largest absolute Gasteiger partial charge is 0.368 e. The molecule has 0 bridgehead atoms. The number of benzene rings is 1. The minimum atomic E-state index is -0.654. The van der Waals surface area contributed by atoms with Crippen molar-refractivity contribution in [2.45, 2.75) is 38.8 Å². The molecule has 1 heterocycles. The molecule has 3 atom stereocenters. The van der Waals surface area contributed by atoms with E-state index in [1.807, 2.05) is 4.90 Å². The van der Waals surface area contributed by atoms with Crippen molar-refractivity contribution >= 4 is 11.8 Å². The van der Waals surface area contributed by atoms with Gasteiger partial charge in [-0.1, -0.05) is 25.5 Å². The Morgan fingerprint density at radius 3 is 2.57 bits per heavy atom. The molecule has 1 aliphatic rings. The van der Waals surface area contributed by atoms with Gasteiger partial charge in [0.15, 0.2) is 0 Å². The van der Waals surface area contributed by atoms with Crippen LogP contribution in [0.5, 0.6) is 0 Å². The van der Waals surface area contributed by atoms with Crippen molar-refractivity contribution < 1.29 is 14.0 Å². The smallest absolute Gasteiger partial charge is 0.239 e. The number of amides is 2. The highest BCUT2D eigenvalue weighted by atomic mass is 19.1. The molecule has 6 heteroatoms. The minimum Gasteiger partial charge on any atom is -0.368 e. The van der Waals surface area contributed by atoms with E-state index >= 15 is 0 Å². The third-order valence-electron chi connectivity index (χ3n) is 4.57. The number of primary amides is 1. The number of piperidine rings is 1. The van der Waals surface area contributed by atoms with Crippen LogP contribution in [0.15, 0.2) is 24.3 Å². The average Bonchev–Trinajstić information content (AvgIpc) is 2.53. The number of hydrogen-bond acceptors (Lipinski definition) is 3. The Kier molecular flexibility index (Phi) is 5.71. The lowest BCUT2D eigenvalue weighted by molar-refractivity contribution is -0.131. The lowest BCUT2D eigenvalue weighted by Gasteiger charge is -2.39. The van der Waals surface area contributed by atoms with Crippen molar-refractivity contribution in [1.82, 2.24) is 10.2 Å². The van der Waals surface area contributed by atoms with Crippen molar-refractivity contribution in [2.75, 3.05) is 13.1 Å². The molecule has 0 radical (unpaired) electrons. The number of nitrogens with one attached hydrogen (secondary N) is 1. The van der Waals surface area contributed by atoms with Gasteiger partial charge in [-0.15, -0.1) is 0 Å². The Balaban J connectivity index is 2.12. The number of nitrogens with zero attached hydrogens (tertiary/aromatic N) is 1. The number of likely N-dealkylation sites (tertiary alicyclic amines) is 1. The number of hydrogen-bond donors (Lipinski definition) is 2. The zero-order valence-electron chi connectivity index (χ0n) is 13.6. The third-order valence-corrected chi connectivity index (χ3v) is 4.57. The van der Waals surface area contributed by atoms with E-state index in [-0.39, 0.29) is 23.7 Å². The van der Waals surface area contributed by atoms with Crippen LogP contribution in [0.4, 0.5) is 4.39 Å². The average molecular weight is 321 g/mol. The summed E-state index contributed by atoms with van der Waals surface area (Å²) in [5.74, 6) is -0.500. The van der Waals surface area contributed by atoms with Crippen LogP contribution in [0.2, 0.25) is 0 Å². The summed E-state index contributed by atoms with van der Waals surface area (Å²) in [5, 5.41) is 3.32. The summed E-state index contributed by atoms with van der Waals surface area (Å²) in [7, 11) is 0. The van der Waals surface area contributed by atoms with Crippen LogP contribution in [-0.4, -0.2) is 35.8 Å². The summed E-state index contributed by atoms with van der Waals surface area (Å²) in [6.45, 7) is 4.99. The second kappa shape index (κ2) is 7.55. The Labute approximate surface area is 136 Å². The van der Waals surface area contributed by atoms with Crippen LogP contribution in [0.25, 0.3) is 0 Å². The third kappa shape index (κ3) is 4.28. The van der Waals surface area contributed by atoms with Gasteiger partial charge in [0, 0.05) is 26.1 Å². The molecule has 2 rings (SSSR count). The molecule has 5 nitrogen and oxygen atoms in total. The van der Waals surface area contributed by atoms with Gasteiger partial charge in [0.2, 0.25) is 11.8 Å². The van der Waals surface area contributed by atoms with Crippen molar-refractivity contribution in [1.29, 1.82) is 0 Å². The van der Waals surface area contributed by atoms with Crippen molar-refractivity contribution in [3.05, 3.63) is 35.6 Å². The fourth-order valence-electron chi connectivity index (χ4n) is 3.16. The van der Waals surface area contributed by atoms with E-state index in [2.05, 4.69) is 12.2 Å². The van der Waals surface area contributed by atoms with Gasteiger partial charge in [-0.2, -0.15) is 0 Å². The summed E-state index contributed by atoms with van der Waals surface area (Å²) < 4.78 is 13.1. The molecule has 126 valence electrons. The van der Waals surface area contributed by atoms with Crippen molar-refractivity contribution in [3.63, 3.8) is 0 Å². The SMILES string of the molecule is CC[C@@H]1CN(C(C)=O)CC[C@H]1N[C@H](C(N)=O)c1ccc(F)cc1. The monoisotopic (exact) mass is 321 g/mol. The normalized spacial score (nSPS) is 22.7. The van der Waals surface area contributed by atoms with Crippen molar-refractivity contribution in [2.24, 2.45) is 11.7 Å². The van der Waals surface area contributed by atoms with Gasteiger partial charge < -0.3 is 10.6 Å². The summed E-state index contributed by atoms with van der Waals surface area (Å²) in [6, 6.07) is 5.23. The number of halogens is 1. The second-order valence-corrected chi connectivity index (χ2v) is 6.08. The van der Waals surface area contributed by atoms with Crippen LogP contribution < -0.4 is 11.1 Å². The van der Waals surface area contributed by atoms with E-state index in [0.29, 0.717) is 18.7 Å². The van der Waals surface area contributed by atoms with Crippen LogP contribution in [-0.2, 0) is 9.59 Å². The predicted octanol–water partition coefficient (Wildman–Crippen LogP) is 1.59. The summed E-state index contributed by atoms with van der Waals surface area (Å²) in [4.78, 5) is 25.2. The molecule has 1 aliphatic heterocycles. The maximum Gasteiger partial charge on any atom is 0.239 e. The number of carbonyl (C=O) groups excluding carboxylic acids is 2. The maximum atomic E-state index is 13.1. The standard InChI is InChI=1S/C17H24FN3O2/c1-3-12-10-21(11(2)22)9-8-15(12)20-16(17(19)23)13-4-6-14(18)7-5-13/h4-7,12,15-16,20H,3,8-10H2,1-2H3,(H2,19,23)/t12-,15-,16+/m1/s1. The van der Waals surface area contributed by atoms with Gasteiger partial charge >= 0.3 is 0 Å². The van der Waals surface area contributed by atoms with Gasteiger partial charge in [0.25, 0.3) is 0 Å². The molecule has 2 amide bonds. The van der Waals surface area contributed by atoms with E-state index in [1.54, 1.807) is 19.1 Å². The molecule has 0 aliphatic carbocycles. The van der Waals surface area contributed by atoms with Crippen LogP contribution in [0.3, 0.4) is 0 Å². The predicted molar refractivity (Wildman–Crippen MR) is 85.9 cm³/mol. The van der Waals surface area contributed by atoms with Crippen LogP contribution in [0.1, 0.15) is 38.3 Å². The Hall–Kier alpha value is -1.95. The first kappa shape index (κ1) is 17.4. The molecule has 3 N–H and O–H groups in total. The van der Waals surface area contributed by atoms with Crippen LogP contribution in [0, 0.1) is 11.7 Å². The molecule has 1 aromatic carbocycles. The van der Waals surface area contributed by atoms with Gasteiger partial charge in [-0.25, -0.2) is 4.39 Å². The van der Waals surface area contributed by atoms with Gasteiger partial charge in [-0.05, 0) is 30.0 Å². The topological polar surface area (TPSA) is 75.4 Å². The summed E-state index contributed by atoms with van der Waals surface area (Å²) in [6.07, 6.45) is 1.67. The summed E-state index contributed by atoms with van der Waals surface area (Å²) >= 11 is 0. The highest BCUT2D eigenvalue weighted by Gasteiger charge is 2.32. The first-order valence-corrected chi connectivity index (χ1v) is 7.98. The molecule has 1 fully saturated rings. The Bertz CT molecular complexity index is 561. The molecule has 0 saturated carbocycles. The van der Waals surface area contributed by atoms with Crippen LogP contribution >= 0.6 is 0 Å². The molecular weight excluding hydrogens is 297 g/mol. The molecule has 1 saturated heterocycles. The fourth-order valence-corrected chi connectivity index (χ4v) is 3.16. The van der Waals surface area contributed by atoms with E-state index in [0.717, 1.165) is 12.8 Å². The van der Waals surface area contributed by atoms with E-state index < -0.39 is 11.9 Å². The van der Waals surface area contributed by atoms with E-state index in [9.17, 15) is 14.0 Å². The lowest BCUT2D eigenvalue weighted by Crippen LogP contribution is -2.52. The Morgan fingerprint density at radius 2 is 2.04 bits per heavy atom. The minimum absolute atomic E-state index is 0.0758. The van der Waals surface area contributed by atoms with Gasteiger partial charge in [0.05, 0.1) is 0 Å². The molecule has 0 spiro atoms. The zero-order chi connectivity index (χ0) is 17.0. The second-order valence-electron chi connectivity index (χ2n) is 6.08. The Morgan fingerprint density at radius 1 is 1.39 bits per heavy atom. The first-order valence-electron chi connectivity index (χ1n) is 7.98. The number of carbonyl (C=O) groups is 2. The first-order chi connectivity index (χ1) is 10.9. The number of nitrogens with two attached hydrogens (primary N) is 1. The fraction of sp³-hybridized carbons (Fsp3) is 0.529. The maximum absolute atomic E-state index is 13.1. The quantitative estimate of drug-likeness (QED) is 0.865. The number of rotatable bonds is 5. The highest BCUT2D eigenvalue weighted by Crippen LogP contribution is 2.24.